The van der Waals surface area contributed by atoms with E-state index in [2.05, 4.69) is 15.4 Å². The number of nitrogens with zero attached hydrogens (tertiary/aromatic N) is 3. The number of rotatable bonds is 2. The van der Waals surface area contributed by atoms with Crippen LogP contribution in [0.3, 0.4) is 0 Å². The number of hydrazine groups is 1. The zero-order valence-electron chi connectivity index (χ0n) is 10.3. The van der Waals surface area contributed by atoms with Crippen molar-refractivity contribution in [2.24, 2.45) is 5.84 Å². The summed E-state index contributed by atoms with van der Waals surface area (Å²) in [7, 11) is -2.91. The molecule has 0 atom stereocenters. The molecule has 0 amide bonds. The van der Waals surface area contributed by atoms with E-state index in [4.69, 9.17) is 5.84 Å². The number of nitrogens with two attached hydrogens (primary N) is 1. The number of aryl methyl sites for hydroxylation is 1. The van der Waals surface area contributed by atoms with Gasteiger partial charge in [0.25, 0.3) is 0 Å². The van der Waals surface area contributed by atoms with Crippen LogP contribution in [0.4, 0.5) is 11.8 Å². The van der Waals surface area contributed by atoms with Gasteiger partial charge in [-0.2, -0.15) is 4.98 Å². The zero-order valence-corrected chi connectivity index (χ0v) is 11.1. The Morgan fingerprint density at radius 2 is 2.11 bits per heavy atom. The van der Waals surface area contributed by atoms with Gasteiger partial charge in [0.1, 0.15) is 5.82 Å². The molecule has 0 saturated carbocycles. The minimum Gasteiger partial charge on any atom is -0.355 e. The molecule has 0 aromatic carbocycles. The Hall–Kier alpha value is -1.41. The lowest BCUT2D eigenvalue weighted by molar-refractivity contribution is 0.597. The van der Waals surface area contributed by atoms with Crippen molar-refractivity contribution in [1.82, 2.24) is 9.97 Å². The van der Waals surface area contributed by atoms with Crippen LogP contribution in [0.2, 0.25) is 0 Å². The van der Waals surface area contributed by atoms with Crippen molar-refractivity contribution >= 4 is 21.6 Å². The van der Waals surface area contributed by atoms with Crippen molar-refractivity contribution in [2.45, 2.75) is 13.3 Å². The smallest absolute Gasteiger partial charge is 0.239 e. The molecule has 7 nitrogen and oxygen atoms in total. The molecule has 1 fully saturated rings. The number of hydrogen-bond donors (Lipinski definition) is 2. The largest absolute Gasteiger partial charge is 0.355 e. The number of nitrogen functional groups attached to an aromatic ring is 1. The summed E-state index contributed by atoms with van der Waals surface area (Å²) in [5, 5.41) is 0. The van der Waals surface area contributed by atoms with E-state index >= 15 is 0 Å². The summed E-state index contributed by atoms with van der Waals surface area (Å²) in [6, 6.07) is 1.83. The molecule has 3 N–H and O–H groups in total. The number of sulfone groups is 1. The Bertz CT molecular complexity index is 531. The van der Waals surface area contributed by atoms with Crippen LogP contribution in [0.25, 0.3) is 0 Å². The third kappa shape index (κ3) is 3.08. The molecule has 0 aliphatic carbocycles. The van der Waals surface area contributed by atoms with Crippen molar-refractivity contribution < 1.29 is 8.42 Å². The van der Waals surface area contributed by atoms with Crippen molar-refractivity contribution in [1.29, 1.82) is 0 Å². The maximum atomic E-state index is 11.5. The lowest BCUT2D eigenvalue weighted by Crippen LogP contribution is -2.28. The standard InChI is InChI=1S/C10H17N5O2S/c1-8-7-9(13-10(12-8)14-11)15-3-2-5-18(16,17)6-4-15/h7H,2-6,11H2,1H3,(H,12,13,14). The number of nitrogens with one attached hydrogen (secondary N) is 1. The van der Waals surface area contributed by atoms with E-state index < -0.39 is 9.84 Å². The van der Waals surface area contributed by atoms with E-state index in [1.807, 2.05) is 17.9 Å². The fraction of sp³-hybridized carbons (Fsp3) is 0.600. The van der Waals surface area contributed by atoms with Crippen LogP contribution in [0.15, 0.2) is 6.07 Å². The third-order valence-electron chi connectivity index (χ3n) is 2.85. The van der Waals surface area contributed by atoms with Crippen molar-refractivity contribution in [3.8, 4) is 0 Å². The van der Waals surface area contributed by atoms with Crippen LogP contribution in [-0.2, 0) is 9.84 Å². The Kier molecular flexibility index (Phi) is 3.67. The van der Waals surface area contributed by atoms with E-state index in [1.54, 1.807) is 0 Å². The van der Waals surface area contributed by atoms with Gasteiger partial charge in [-0.05, 0) is 13.3 Å². The first-order valence-corrected chi connectivity index (χ1v) is 7.60. The summed E-state index contributed by atoms with van der Waals surface area (Å²) < 4.78 is 23.1. The van der Waals surface area contributed by atoms with Crippen LogP contribution < -0.4 is 16.2 Å². The maximum absolute atomic E-state index is 11.5. The predicted octanol–water partition coefficient (Wildman–Crippen LogP) is -0.304. The normalized spacial score (nSPS) is 19.3. The molecule has 1 aromatic rings. The molecule has 0 radical (unpaired) electrons. The molecule has 0 bridgehead atoms. The van der Waals surface area contributed by atoms with Crippen LogP contribution in [0, 0.1) is 6.92 Å². The molecular formula is C10H17N5O2S. The number of hydrogen-bond acceptors (Lipinski definition) is 7. The van der Waals surface area contributed by atoms with Crippen LogP contribution in [-0.4, -0.2) is 43.0 Å². The fourth-order valence-electron chi connectivity index (χ4n) is 1.95. The maximum Gasteiger partial charge on any atom is 0.239 e. The fourth-order valence-corrected chi connectivity index (χ4v) is 3.22. The van der Waals surface area contributed by atoms with Gasteiger partial charge in [0.15, 0.2) is 9.84 Å². The van der Waals surface area contributed by atoms with Crippen molar-refractivity contribution in [3.05, 3.63) is 11.8 Å². The van der Waals surface area contributed by atoms with E-state index in [9.17, 15) is 8.42 Å². The van der Waals surface area contributed by atoms with E-state index in [0.717, 1.165) is 5.69 Å². The van der Waals surface area contributed by atoms with E-state index in [1.165, 1.54) is 0 Å². The minimum atomic E-state index is -2.91. The summed E-state index contributed by atoms with van der Waals surface area (Å²) in [4.78, 5) is 10.3. The molecule has 0 unspecified atom stereocenters. The van der Waals surface area contributed by atoms with Gasteiger partial charge in [-0.1, -0.05) is 0 Å². The molecule has 1 aromatic heterocycles. The van der Waals surface area contributed by atoms with Gasteiger partial charge in [-0.15, -0.1) is 0 Å². The first-order valence-electron chi connectivity index (χ1n) is 5.78. The van der Waals surface area contributed by atoms with Crippen LogP contribution in [0.5, 0.6) is 0 Å². The monoisotopic (exact) mass is 271 g/mol. The van der Waals surface area contributed by atoms with Crippen LogP contribution >= 0.6 is 0 Å². The van der Waals surface area contributed by atoms with Gasteiger partial charge in [-0.3, -0.25) is 5.43 Å². The molecule has 100 valence electrons. The van der Waals surface area contributed by atoms with Gasteiger partial charge >= 0.3 is 0 Å². The quantitative estimate of drug-likeness (QED) is 0.562. The second-order valence-electron chi connectivity index (χ2n) is 4.33. The topological polar surface area (TPSA) is 101 Å². The third-order valence-corrected chi connectivity index (χ3v) is 4.56. The summed E-state index contributed by atoms with van der Waals surface area (Å²) >= 11 is 0. The Labute approximate surface area is 106 Å². The molecule has 1 aliphatic rings. The molecule has 8 heteroatoms. The molecule has 1 saturated heterocycles. The molecule has 2 rings (SSSR count). The van der Waals surface area contributed by atoms with Gasteiger partial charge in [0.05, 0.1) is 11.5 Å². The highest BCUT2D eigenvalue weighted by Gasteiger charge is 2.20. The van der Waals surface area contributed by atoms with E-state index in [0.29, 0.717) is 31.3 Å². The predicted molar refractivity (Wildman–Crippen MR) is 70.1 cm³/mol. The SMILES string of the molecule is Cc1cc(N2CCCS(=O)(=O)CC2)nc(NN)n1. The average molecular weight is 271 g/mol. The lowest BCUT2D eigenvalue weighted by atomic mass is 10.3. The summed E-state index contributed by atoms with van der Waals surface area (Å²) in [5.41, 5.74) is 3.20. The van der Waals surface area contributed by atoms with Gasteiger partial charge in [-0.25, -0.2) is 19.2 Å². The Balaban J connectivity index is 2.23. The van der Waals surface area contributed by atoms with E-state index in [-0.39, 0.29) is 11.5 Å². The first-order chi connectivity index (χ1) is 8.50. The van der Waals surface area contributed by atoms with Crippen molar-refractivity contribution in [3.63, 3.8) is 0 Å². The molecule has 0 spiro atoms. The zero-order chi connectivity index (χ0) is 13.2. The van der Waals surface area contributed by atoms with Gasteiger partial charge < -0.3 is 4.90 Å². The van der Waals surface area contributed by atoms with Gasteiger partial charge in [0.2, 0.25) is 5.95 Å². The lowest BCUT2D eigenvalue weighted by Gasteiger charge is -2.21. The highest BCUT2D eigenvalue weighted by molar-refractivity contribution is 7.91. The van der Waals surface area contributed by atoms with Gasteiger partial charge in [0, 0.05) is 24.8 Å². The Morgan fingerprint density at radius 3 is 2.83 bits per heavy atom. The summed E-state index contributed by atoms with van der Waals surface area (Å²) in [6.45, 7) is 2.99. The molecule has 2 heterocycles. The minimum absolute atomic E-state index is 0.168. The van der Waals surface area contributed by atoms with Crippen LogP contribution in [0.1, 0.15) is 12.1 Å². The molecule has 18 heavy (non-hydrogen) atoms. The summed E-state index contributed by atoms with van der Waals surface area (Å²) in [6.07, 6.45) is 0.622. The average Bonchev–Trinajstić information content (AvgIpc) is 2.49. The van der Waals surface area contributed by atoms with Crippen molar-refractivity contribution in [2.75, 3.05) is 34.9 Å². The second kappa shape index (κ2) is 5.07. The highest BCUT2D eigenvalue weighted by atomic mass is 32.2. The Morgan fingerprint density at radius 1 is 1.33 bits per heavy atom. The number of aromatic nitrogens is 2. The molecule has 1 aliphatic heterocycles. The summed E-state index contributed by atoms with van der Waals surface area (Å²) in [5.74, 6) is 6.78. The first kappa shape index (κ1) is 13.0. The number of anilines is 2. The second-order valence-corrected chi connectivity index (χ2v) is 6.63. The molecular weight excluding hydrogens is 254 g/mol. The highest BCUT2D eigenvalue weighted by Crippen LogP contribution is 2.17.